The van der Waals surface area contributed by atoms with Crippen molar-refractivity contribution in [2.24, 2.45) is 0 Å². The minimum absolute atomic E-state index is 0.0100. The number of hydrogen-bond acceptors (Lipinski definition) is 6. The largest absolute Gasteiger partial charge is 0.335 e. The highest BCUT2D eigenvalue weighted by molar-refractivity contribution is 7.90. The smallest absolute Gasteiger partial charge is 0.245 e. The van der Waals surface area contributed by atoms with Crippen molar-refractivity contribution in [1.29, 1.82) is 0 Å². The Morgan fingerprint density at radius 1 is 1.13 bits per heavy atom. The van der Waals surface area contributed by atoms with E-state index < -0.39 is 9.84 Å². The molecule has 2 aromatic carbocycles. The van der Waals surface area contributed by atoms with Gasteiger partial charge in [0.1, 0.15) is 23.1 Å². The molecule has 5 rings (SSSR count). The lowest BCUT2D eigenvalue weighted by Crippen LogP contribution is -2.32. The van der Waals surface area contributed by atoms with Crippen LogP contribution in [0, 0.1) is 0 Å². The fraction of sp³-hybridized carbons (Fsp3) is 0.227. The van der Waals surface area contributed by atoms with Gasteiger partial charge < -0.3 is 9.47 Å². The number of carbonyl (C=O) groups is 1. The quantitative estimate of drug-likeness (QED) is 0.462. The molecule has 31 heavy (non-hydrogen) atoms. The van der Waals surface area contributed by atoms with Gasteiger partial charge in [0.2, 0.25) is 5.91 Å². The van der Waals surface area contributed by atoms with Gasteiger partial charge in [-0.05, 0) is 59.2 Å². The van der Waals surface area contributed by atoms with Gasteiger partial charge in [0.15, 0.2) is 9.84 Å². The van der Waals surface area contributed by atoms with Crippen LogP contribution in [0.15, 0.2) is 66.0 Å². The molecule has 7 nitrogen and oxygen atoms in total. The van der Waals surface area contributed by atoms with E-state index in [9.17, 15) is 13.2 Å². The first-order chi connectivity index (χ1) is 14.9. The van der Waals surface area contributed by atoms with Crippen LogP contribution >= 0.6 is 11.5 Å². The van der Waals surface area contributed by atoms with E-state index in [0.717, 1.165) is 33.6 Å². The summed E-state index contributed by atoms with van der Waals surface area (Å²) in [7, 11) is -3.52. The second-order valence-electron chi connectivity index (χ2n) is 7.68. The van der Waals surface area contributed by atoms with Crippen LogP contribution in [0.3, 0.4) is 0 Å². The lowest BCUT2D eigenvalue weighted by Gasteiger charge is -2.22. The van der Waals surface area contributed by atoms with Crippen LogP contribution in [0.4, 0.5) is 0 Å². The second kappa shape index (κ2) is 7.58. The zero-order chi connectivity index (χ0) is 21.6. The van der Waals surface area contributed by atoms with E-state index in [2.05, 4.69) is 9.36 Å². The molecular weight excluding hydrogens is 432 g/mol. The van der Waals surface area contributed by atoms with Crippen LogP contribution in [-0.4, -0.2) is 33.1 Å². The normalized spacial score (nSPS) is 14.7. The number of aromatic nitrogens is 3. The Morgan fingerprint density at radius 2 is 1.94 bits per heavy atom. The number of para-hydroxylation sites is 1. The lowest BCUT2D eigenvalue weighted by atomic mass is 10.1. The van der Waals surface area contributed by atoms with Gasteiger partial charge in [-0.15, -0.1) is 0 Å². The highest BCUT2D eigenvalue weighted by atomic mass is 32.2. The zero-order valence-electron chi connectivity index (χ0n) is 16.8. The number of sulfone groups is 1. The SMILES string of the molecule is C[C@H](C(=O)N1Cc2ccc(S(=O)(=O)Cc3ncns3)cc2C1)n1ccc2ccccc21. The van der Waals surface area contributed by atoms with Gasteiger partial charge in [0, 0.05) is 24.8 Å². The molecule has 0 fully saturated rings. The molecule has 0 bridgehead atoms. The Morgan fingerprint density at radius 3 is 2.74 bits per heavy atom. The lowest BCUT2D eigenvalue weighted by molar-refractivity contribution is -0.134. The Balaban J connectivity index is 1.36. The first-order valence-electron chi connectivity index (χ1n) is 9.87. The number of amides is 1. The van der Waals surface area contributed by atoms with Crippen LogP contribution < -0.4 is 0 Å². The van der Waals surface area contributed by atoms with Crippen molar-refractivity contribution in [3.05, 3.63) is 77.2 Å². The van der Waals surface area contributed by atoms with Crippen LogP contribution in [0.2, 0.25) is 0 Å². The molecule has 0 unspecified atom stereocenters. The van der Waals surface area contributed by atoms with Crippen molar-refractivity contribution in [1.82, 2.24) is 18.8 Å². The Labute approximate surface area is 184 Å². The van der Waals surface area contributed by atoms with E-state index in [1.54, 1.807) is 17.0 Å². The number of nitrogens with zero attached hydrogens (tertiary/aromatic N) is 4. The fourth-order valence-corrected chi connectivity index (χ4v) is 6.20. The van der Waals surface area contributed by atoms with Crippen molar-refractivity contribution < 1.29 is 13.2 Å². The summed E-state index contributed by atoms with van der Waals surface area (Å²) >= 11 is 1.08. The number of hydrogen-bond donors (Lipinski definition) is 0. The van der Waals surface area contributed by atoms with E-state index >= 15 is 0 Å². The van der Waals surface area contributed by atoms with Crippen molar-refractivity contribution in [3.8, 4) is 0 Å². The van der Waals surface area contributed by atoms with Crippen molar-refractivity contribution in [3.63, 3.8) is 0 Å². The summed E-state index contributed by atoms with van der Waals surface area (Å²) in [5.74, 6) is -0.160. The Hall–Kier alpha value is -3.04. The van der Waals surface area contributed by atoms with Crippen LogP contribution in [-0.2, 0) is 33.5 Å². The summed E-state index contributed by atoms with van der Waals surface area (Å²) in [5, 5.41) is 1.56. The molecule has 4 aromatic rings. The Kier molecular flexibility index (Phi) is 4.86. The third kappa shape index (κ3) is 3.64. The predicted molar refractivity (Wildman–Crippen MR) is 118 cm³/mol. The van der Waals surface area contributed by atoms with E-state index in [1.165, 1.54) is 6.33 Å². The number of fused-ring (bicyclic) bond motifs is 2. The summed E-state index contributed by atoms with van der Waals surface area (Å²) in [5.41, 5.74) is 2.87. The van der Waals surface area contributed by atoms with Gasteiger partial charge in [0.05, 0.1) is 4.90 Å². The summed E-state index contributed by atoms with van der Waals surface area (Å²) in [6, 6.07) is 14.7. The minimum Gasteiger partial charge on any atom is -0.335 e. The van der Waals surface area contributed by atoms with Gasteiger partial charge in [-0.2, -0.15) is 4.37 Å². The topological polar surface area (TPSA) is 85.2 Å². The highest BCUT2D eigenvalue weighted by Crippen LogP contribution is 2.30. The number of rotatable bonds is 5. The van der Waals surface area contributed by atoms with Gasteiger partial charge in [-0.3, -0.25) is 4.79 Å². The molecule has 0 N–H and O–H groups in total. The summed E-state index contributed by atoms with van der Waals surface area (Å²) in [6.07, 6.45) is 3.30. The molecule has 1 aliphatic heterocycles. The summed E-state index contributed by atoms with van der Waals surface area (Å²) in [6.45, 7) is 2.78. The van der Waals surface area contributed by atoms with Crippen molar-refractivity contribution >= 4 is 38.2 Å². The molecule has 1 aliphatic rings. The molecule has 9 heteroatoms. The van der Waals surface area contributed by atoms with Crippen LogP contribution in [0.25, 0.3) is 10.9 Å². The molecule has 0 aliphatic carbocycles. The van der Waals surface area contributed by atoms with Gasteiger partial charge >= 0.3 is 0 Å². The van der Waals surface area contributed by atoms with Crippen LogP contribution in [0.5, 0.6) is 0 Å². The number of carbonyl (C=O) groups excluding carboxylic acids is 1. The van der Waals surface area contributed by atoms with Gasteiger partial charge in [0.25, 0.3) is 0 Å². The second-order valence-corrected chi connectivity index (χ2v) is 10.5. The predicted octanol–water partition coefficient (Wildman–Crippen LogP) is 3.57. The number of benzene rings is 2. The molecule has 1 amide bonds. The van der Waals surface area contributed by atoms with Gasteiger partial charge in [-0.1, -0.05) is 24.3 Å². The first-order valence-corrected chi connectivity index (χ1v) is 12.3. The molecule has 1 atom stereocenters. The average molecular weight is 453 g/mol. The minimum atomic E-state index is -3.52. The first kappa shape index (κ1) is 19.9. The van der Waals surface area contributed by atoms with Gasteiger partial charge in [-0.25, -0.2) is 13.4 Å². The van der Waals surface area contributed by atoms with E-state index in [4.69, 9.17) is 0 Å². The third-order valence-electron chi connectivity index (χ3n) is 5.70. The Bertz CT molecular complexity index is 1380. The van der Waals surface area contributed by atoms with Crippen molar-refractivity contribution in [2.45, 2.75) is 36.7 Å². The maximum absolute atomic E-state index is 13.2. The molecule has 2 aromatic heterocycles. The molecular formula is C22H20N4O3S2. The monoisotopic (exact) mass is 452 g/mol. The molecule has 0 saturated carbocycles. The average Bonchev–Trinajstić information content (AvgIpc) is 3.50. The maximum atomic E-state index is 13.2. The van der Waals surface area contributed by atoms with E-state index in [0.29, 0.717) is 18.1 Å². The van der Waals surface area contributed by atoms with Crippen molar-refractivity contribution in [2.75, 3.05) is 0 Å². The molecule has 0 spiro atoms. The van der Waals surface area contributed by atoms with E-state index in [1.807, 2.05) is 54.1 Å². The highest BCUT2D eigenvalue weighted by Gasteiger charge is 2.29. The molecule has 3 heterocycles. The summed E-state index contributed by atoms with van der Waals surface area (Å²) in [4.78, 5) is 19.2. The fourth-order valence-electron chi connectivity index (χ4n) is 4.05. The van der Waals surface area contributed by atoms with E-state index in [-0.39, 0.29) is 22.6 Å². The molecule has 0 saturated heterocycles. The molecule has 0 radical (unpaired) electrons. The molecule has 158 valence electrons. The standard InChI is InChI=1S/C22H20N4O3S2/c1-15(26-9-8-16-4-2-3-5-20(16)26)22(27)25-11-17-6-7-19(10-18(17)12-25)31(28,29)13-21-23-14-24-30-21/h2-10,14-15H,11-13H2,1H3/t15-/m1/s1. The zero-order valence-corrected chi connectivity index (χ0v) is 18.4. The third-order valence-corrected chi connectivity index (χ3v) is 8.16. The maximum Gasteiger partial charge on any atom is 0.245 e. The summed E-state index contributed by atoms with van der Waals surface area (Å²) < 4.78 is 31.4. The van der Waals surface area contributed by atoms with Crippen LogP contribution in [0.1, 0.15) is 29.1 Å².